The van der Waals surface area contributed by atoms with Gasteiger partial charge in [-0.1, -0.05) is 24.3 Å². The van der Waals surface area contributed by atoms with Crippen molar-refractivity contribution >= 4 is 23.4 Å². The van der Waals surface area contributed by atoms with Crippen molar-refractivity contribution in [1.29, 1.82) is 0 Å². The first-order valence-electron chi connectivity index (χ1n) is 9.74. The van der Waals surface area contributed by atoms with Crippen LogP contribution in [0.15, 0.2) is 69.4 Å². The number of hydrogen-bond donors (Lipinski definition) is 5. The highest BCUT2D eigenvalue weighted by molar-refractivity contribution is 6.09. The number of hydrogen-bond acceptors (Lipinski definition) is 7. The molecule has 164 valence electrons. The highest BCUT2D eigenvalue weighted by atomic mass is 16.2. The highest BCUT2D eigenvalue weighted by Crippen LogP contribution is 2.19. The number of pyridine rings is 1. The Bertz CT molecular complexity index is 1280. The number of anilines is 1. The van der Waals surface area contributed by atoms with Crippen LogP contribution >= 0.6 is 0 Å². The van der Waals surface area contributed by atoms with Crippen molar-refractivity contribution < 1.29 is 4.79 Å². The number of aromatic amines is 2. The second kappa shape index (κ2) is 10.0. The molecule has 1 amide bonds. The number of H-pyrrole nitrogens is 2. The molecule has 2 aromatic heterocycles. The third-order valence-electron chi connectivity index (χ3n) is 4.66. The fourth-order valence-corrected chi connectivity index (χ4v) is 2.96. The quantitative estimate of drug-likeness (QED) is 0.349. The van der Waals surface area contributed by atoms with Crippen molar-refractivity contribution in [3.05, 3.63) is 98.2 Å². The van der Waals surface area contributed by atoms with E-state index in [0.29, 0.717) is 12.1 Å². The first-order valence-corrected chi connectivity index (χ1v) is 9.74. The molecule has 1 atom stereocenters. The molecule has 3 rings (SSSR count). The number of carbonyl (C=O) groups is 1. The lowest BCUT2D eigenvalue weighted by Crippen LogP contribution is -2.34. The number of benzene rings is 1. The van der Waals surface area contributed by atoms with Gasteiger partial charge in [0.15, 0.2) is 0 Å². The van der Waals surface area contributed by atoms with Crippen LogP contribution in [0.1, 0.15) is 40.3 Å². The van der Waals surface area contributed by atoms with Crippen LogP contribution < -0.4 is 28.0 Å². The largest absolute Gasteiger partial charge is 0.404 e. The molecular weight excluding hydrogens is 410 g/mol. The summed E-state index contributed by atoms with van der Waals surface area (Å²) < 4.78 is 0. The molecule has 0 aliphatic rings. The number of nitrogens with zero attached hydrogens (tertiary/aromatic N) is 2. The average molecular weight is 433 g/mol. The number of aliphatic imine (C=N–C) groups is 1. The number of allylic oxidation sites excluding steroid dienone is 1. The molecule has 10 heteroatoms. The number of nitrogen functional groups attached to an aromatic ring is 1. The molecule has 1 aromatic carbocycles. The number of amides is 1. The van der Waals surface area contributed by atoms with Crippen LogP contribution in [0.2, 0.25) is 0 Å². The van der Waals surface area contributed by atoms with Crippen LogP contribution in [0, 0.1) is 0 Å². The van der Waals surface area contributed by atoms with Crippen LogP contribution in [0.4, 0.5) is 5.69 Å². The van der Waals surface area contributed by atoms with Gasteiger partial charge in [0.2, 0.25) is 0 Å². The van der Waals surface area contributed by atoms with Crippen LogP contribution in [-0.2, 0) is 6.54 Å². The van der Waals surface area contributed by atoms with Crippen LogP contribution in [0.3, 0.4) is 0 Å². The smallest absolute Gasteiger partial charge is 0.326 e. The van der Waals surface area contributed by atoms with Crippen molar-refractivity contribution in [2.24, 2.45) is 10.7 Å². The summed E-state index contributed by atoms with van der Waals surface area (Å²) in [6.07, 6.45) is 4.82. The van der Waals surface area contributed by atoms with Crippen molar-refractivity contribution in [2.75, 3.05) is 5.73 Å². The summed E-state index contributed by atoms with van der Waals surface area (Å²) in [6.45, 7) is 2.18. The number of carbonyl (C=O) groups excluding carboxylic acids is 1. The van der Waals surface area contributed by atoms with E-state index < -0.39 is 23.2 Å². The minimum Gasteiger partial charge on any atom is -0.404 e. The molecule has 0 unspecified atom stereocenters. The Kier molecular flexibility index (Phi) is 6.96. The molecule has 0 saturated carbocycles. The van der Waals surface area contributed by atoms with Gasteiger partial charge >= 0.3 is 5.69 Å². The van der Waals surface area contributed by atoms with Gasteiger partial charge in [0.25, 0.3) is 11.5 Å². The van der Waals surface area contributed by atoms with Crippen LogP contribution in [0.5, 0.6) is 0 Å². The van der Waals surface area contributed by atoms with E-state index in [1.165, 1.54) is 6.20 Å². The Morgan fingerprint density at radius 2 is 2.03 bits per heavy atom. The number of aromatic nitrogens is 3. The molecular formula is C22H23N7O3. The van der Waals surface area contributed by atoms with E-state index in [1.807, 2.05) is 47.4 Å². The van der Waals surface area contributed by atoms with Gasteiger partial charge in [-0.15, -0.1) is 0 Å². The van der Waals surface area contributed by atoms with E-state index in [-0.39, 0.29) is 11.4 Å². The predicted octanol–water partition coefficient (Wildman–Crippen LogP) is 1.10. The molecule has 0 aliphatic carbocycles. The fourth-order valence-electron chi connectivity index (χ4n) is 2.96. The minimum absolute atomic E-state index is 0.286. The lowest BCUT2D eigenvalue weighted by molar-refractivity contribution is 0.0935. The lowest BCUT2D eigenvalue weighted by Gasteiger charge is -2.16. The van der Waals surface area contributed by atoms with Gasteiger partial charge in [0.05, 0.1) is 18.3 Å². The summed E-state index contributed by atoms with van der Waals surface area (Å²) in [5, 5.41) is 2.72. The zero-order valence-corrected chi connectivity index (χ0v) is 17.3. The first-order chi connectivity index (χ1) is 15.4. The van der Waals surface area contributed by atoms with Gasteiger partial charge in [-0.3, -0.25) is 24.5 Å². The van der Waals surface area contributed by atoms with E-state index in [2.05, 4.69) is 20.3 Å². The van der Waals surface area contributed by atoms with Gasteiger partial charge in [0, 0.05) is 24.2 Å². The third-order valence-corrected chi connectivity index (χ3v) is 4.66. The Morgan fingerprint density at radius 3 is 2.75 bits per heavy atom. The molecule has 0 radical (unpaired) electrons. The zero-order valence-electron chi connectivity index (χ0n) is 17.3. The van der Waals surface area contributed by atoms with E-state index in [1.54, 1.807) is 19.3 Å². The Balaban J connectivity index is 1.75. The SMILES string of the molecule is C[C@@H](NC(=O)c1[nH]c(=O)[nH]c(=O)c1N)c1cccc(C(C=NCc2ccccn2)=CN)c1. The van der Waals surface area contributed by atoms with Crippen LogP contribution in [0.25, 0.3) is 5.57 Å². The summed E-state index contributed by atoms with van der Waals surface area (Å²) in [6, 6.07) is 12.6. The topological polar surface area (TPSA) is 172 Å². The molecule has 0 spiro atoms. The summed E-state index contributed by atoms with van der Waals surface area (Å²) in [4.78, 5) is 48.5. The monoisotopic (exact) mass is 433 g/mol. The first kappa shape index (κ1) is 22.2. The predicted molar refractivity (Wildman–Crippen MR) is 123 cm³/mol. The average Bonchev–Trinajstić information content (AvgIpc) is 2.79. The second-order valence-corrected chi connectivity index (χ2v) is 6.93. The number of nitrogens with two attached hydrogens (primary N) is 2. The lowest BCUT2D eigenvalue weighted by atomic mass is 10.0. The molecule has 0 bridgehead atoms. The summed E-state index contributed by atoms with van der Waals surface area (Å²) in [5.74, 6) is -0.671. The van der Waals surface area contributed by atoms with Crippen molar-refractivity contribution in [2.45, 2.75) is 19.5 Å². The Labute approximate surface area is 183 Å². The van der Waals surface area contributed by atoms with Crippen molar-refractivity contribution in [3.8, 4) is 0 Å². The molecule has 7 N–H and O–H groups in total. The van der Waals surface area contributed by atoms with Crippen molar-refractivity contribution in [3.63, 3.8) is 0 Å². The Hall–Kier alpha value is -4.47. The fraction of sp³-hybridized carbons (Fsp3) is 0.136. The normalized spacial score (nSPS) is 12.6. The van der Waals surface area contributed by atoms with Crippen molar-refractivity contribution in [1.82, 2.24) is 20.3 Å². The van der Waals surface area contributed by atoms with Gasteiger partial charge in [-0.2, -0.15) is 0 Å². The maximum Gasteiger partial charge on any atom is 0.326 e. The summed E-state index contributed by atoms with van der Waals surface area (Å²) in [5.41, 5.74) is 12.2. The standard InChI is InChI=1S/C22H23N7O3/c1-13(27-21(31)19-18(24)20(30)29-22(32)28-19)14-5-4-6-15(9-14)16(10-23)11-25-12-17-7-2-3-8-26-17/h2-11,13H,12,23-24H2,1H3,(H,27,31)(H2,28,29,30,32)/t13-/m1/s1. The van der Waals surface area contributed by atoms with Crippen LogP contribution in [-0.4, -0.2) is 27.1 Å². The third kappa shape index (κ3) is 5.36. The molecule has 0 aliphatic heterocycles. The Morgan fingerprint density at radius 1 is 1.22 bits per heavy atom. The second-order valence-electron chi connectivity index (χ2n) is 6.93. The summed E-state index contributed by atoms with van der Waals surface area (Å²) >= 11 is 0. The van der Waals surface area contributed by atoms with Gasteiger partial charge in [-0.25, -0.2) is 4.79 Å². The van der Waals surface area contributed by atoms with Gasteiger partial charge in [0.1, 0.15) is 11.4 Å². The molecule has 2 heterocycles. The zero-order chi connectivity index (χ0) is 23.1. The van der Waals surface area contributed by atoms with E-state index in [9.17, 15) is 14.4 Å². The minimum atomic E-state index is -0.823. The maximum atomic E-state index is 12.5. The van der Waals surface area contributed by atoms with E-state index >= 15 is 0 Å². The summed E-state index contributed by atoms with van der Waals surface area (Å²) in [7, 11) is 0. The molecule has 3 aromatic rings. The van der Waals surface area contributed by atoms with Gasteiger partial charge < -0.3 is 21.8 Å². The number of nitrogens with one attached hydrogen (secondary N) is 3. The molecule has 32 heavy (non-hydrogen) atoms. The van der Waals surface area contributed by atoms with E-state index in [4.69, 9.17) is 11.5 Å². The molecule has 0 saturated heterocycles. The maximum absolute atomic E-state index is 12.5. The van der Waals surface area contributed by atoms with E-state index in [0.717, 1.165) is 16.8 Å². The number of rotatable bonds is 7. The molecule has 0 fully saturated rings. The highest BCUT2D eigenvalue weighted by Gasteiger charge is 2.17. The molecule has 10 nitrogen and oxygen atoms in total. The van der Waals surface area contributed by atoms with Gasteiger partial charge in [-0.05, 0) is 36.2 Å².